The van der Waals surface area contributed by atoms with E-state index in [4.69, 9.17) is 4.52 Å². The van der Waals surface area contributed by atoms with Gasteiger partial charge in [-0.2, -0.15) is 10.1 Å². The fourth-order valence-corrected chi connectivity index (χ4v) is 3.05. The van der Waals surface area contributed by atoms with E-state index in [0.717, 1.165) is 5.56 Å². The Morgan fingerprint density at radius 1 is 1.20 bits per heavy atom. The predicted octanol–water partition coefficient (Wildman–Crippen LogP) is 3.56. The van der Waals surface area contributed by atoms with Crippen molar-refractivity contribution >= 4 is 5.91 Å². The molecule has 1 atom stereocenters. The zero-order chi connectivity index (χ0) is 21.3. The minimum absolute atomic E-state index is 0.278. The van der Waals surface area contributed by atoms with Crippen molar-refractivity contribution in [3.63, 3.8) is 0 Å². The minimum Gasteiger partial charge on any atom is -0.345 e. The summed E-state index contributed by atoms with van der Waals surface area (Å²) in [6, 6.07) is 9.25. The van der Waals surface area contributed by atoms with Gasteiger partial charge in [-0.25, -0.2) is 14.1 Å². The van der Waals surface area contributed by atoms with Gasteiger partial charge >= 0.3 is 0 Å². The van der Waals surface area contributed by atoms with Crippen LogP contribution in [0.1, 0.15) is 40.4 Å². The summed E-state index contributed by atoms with van der Waals surface area (Å²) in [4.78, 5) is 21.3. The Hall–Kier alpha value is -3.88. The van der Waals surface area contributed by atoms with Crippen LogP contribution in [0, 0.1) is 19.7 Å². The van der Waals surface area contributed by atoms with Crippen LogP contribution < -0.4 is 5.32 Å². The summed E-state index contributed by atoms with van der Waals surface area (Å²) in [5.74, 6) is 0.838. The van der Waals surface area contributed by atoms with E-state index in [1.807, 2.05) is 6.92 Å². The van der Waals surface area contributed by atoms with Crippen molar-refractivity contribution in [2.24, 2.45) is 0 Å². The first-order chi connectivity index (χ1) is 14.4. The minimum atomic E-state index is -0.320. The third-order valence-corrected chi connectivity index (χ3v) is 4.71. The Labute approximate surface area is 171 Å². The number of amides is 1. The maximum atomic E-state index is 13.1. The molecule has 1 unspecified atom stereocenters. The fraction of sp³-hybridized carbons (Fsp3) is 0.190. The van der Waals surface area contributed by atoms with Gasteiger partial charge in [0.2, 0.25) is 0 Å². The highest BCUT2D eigenvalue weighted by molar-refractivity contribution is 5.95. The molecule has 8 nitrogen and oxygen atoms in total. The summed E-state index contributed by atoms with van der Waals surface area (Å²) < 4.78 is 19.9. The lowest BCUT2D eigenvalue weighted by atomic mass is 10.1. The van der Waals surface area contributed by atoms with Crippen LogP contribution in [0.2, 0.25) is 0 Å². The molecule has 4 aromatic rings. The molecule has 1 N–H and O–H groups in total. The zero-order valence-electron chi connectivity index (χ0n) is 16.6. The fourth-order valence-electron chi connectivity index (χ4n) is 3.05. The molecule has 0 aliphatic heterocycles. The second-order valence-electron chi connectivity index (χ2n) is 6.85. The van der Waals surface area contributed by atoms with E-state index in [-0.39, 0.29) is 17.8 Å². The number of pyridine rings is 1. The predicted molar refractivity (Wildman–Crippen MR) is 106 cm³/mol. The van der Waals surface area contributed by atoms with Crippen molar-refractivity contribution in [3.05, 3.63) is 77.3 Å². The molecule has 1 aromatic carbocycles. The van der Waals surface area contributed by atoms with Gasteiger partial charge in [0.15, 0.2) is 11.6 Å². The van der Waals surface area contributed by atoms with Crippen LogP contribution in [-0.4, -0.2) is 30.8 Å². The topological polar surface area (TPSA) is 98.7 Å². The van der Waals surface area contributed by atoms with Gasteiger partial charge < -0.3 is 9.84 Å². The maximum absolute atomic E-state index is 13.1. The molecule has 0 radical (unpaired) electrons. The number of hydrogen-bond acceptors (Lipinski definition) is 6. The van der Waals surface area contributed by atoms with Crippen LogP contribution in [0.5, 0.6) is 0 Å². The molecular formula is C21H19FN6O2. The SMILES string of the molecule is Cc1noc(-c2ccnc(-n3ncc(C(=O)NC(C)c4ccc(F)cc4)c3C)c2)n1. The summed E-state index contributed by atoms with van der Waals surface area (Å²) in [6.07, 6.45) is 3.11. The van der Waals surface area contributed by atoms with E-state index >= 15 is 0 Å². The van der Waals surface area contributed by atoms with Crippen molar-refractivity contribution in [1.82, 2.24) is 30.2 Å². The molecule has 0 bridgehead atoms. The van der Waals surface area contributed by atoms with Crippen LogP contribution in [0.25, 0.3) is 17.3 Å². The number of nitrogens with one attached hydrogen (secondary N) is 1. The van der Waals surface area contributed by atoms with E-state index in [1.54, 1.807) is 49.0 Å². The Morgan fingerprint density at radius 2 is 1.97 bits per heavy atom. The summed E-state index contributed by atoms with van der Waals surface area (Å²) >= 11 is 0. The zero-order valence-corrected chi connectivity index (χ0v) is 16.6. The first kappa shape index (κ1) is 19.4. The lowest BCUT2D eigenvalue weighted by molar-refractivity contribution is 0.0939. The van der Waals surface area contributed by atoms with Crippen LogP contribution >= 0.6 is 0 Å². The number of nitrogens with zero attached hydrogens (tertiary/aromatic N) is 5. The van der Waals surface area contributed by atoms with E-state index < -0.39 is 0 Å². The van der Waals surface area contributed by atoms with Crippen molar-refractivity contribution < 1.29 is 13.7 Å². The van der Waals surface area contributed by atoms with E-state index in [0.29, 0.717) is 34.4 Å². The second kappa shape index (κ2) is 7.86. The smallest absolute Gasteiger partial charge is 0.258 e. The van der Waals surface area contributed by atoms with Gasteiger partial charge in [0.25, 0.3) is 11.8 Å². The molecule has 0 spiro atoms. The van der Waals surface area contributed by atoms with Gasteiger partial charge in [-0.3, -0.25) is 4.79 Å². The number of aryl methyl sites for hydroxylation is 1. The molecule has 0 saturated heterocycles. The average Bonchev–Trinajstić information content (AvgIpc) is 3.34. The van der Waals surface area contributed by atoms with Crippen molar-refractivity contribution in [3.8, 4) is 17.3 Å². The molecule has 152 valence electrons. The molecule has 4 rings (SSSR count). The highest BCUT2D eigenvalue weighted by Crippen LogP contribution is 2.21. The average molecular weight is 406 g/mol. The van der Waals surface area contributed by atoms with E-state index in [2.05, 4.69) is 25.5 Å². The third kappa shape index (κ3) is 3.82. The molecule has 0 aliphatic rings. The van der Waals surface area contributed by atoms with Crippen LogP contribution in [0.4, 0.5) is 4.39 Å². The van der Waals surface area contributed by atoms with Crippen LogP contribution in [0.15, 0.2) is 53.3 Å². The van der Waals surface area contributed by atoms with E-state index in [1.165, 1.54) is 18.3 Å². The third-order valence-electron chi connectivity index (χ3n) is 4.71. The van der Waals surface area contributed by atoms with E-state index in [9.17, 15) is 9.18 Å². The lowest BCUT2D eigenvalue weighted by Crippen LogP contribution is -2.27. The molecule has 0 aliphatic carbocycles. The number of hydrogen-bond donors (Lipinski definition) is 1. The Balaban J connectivity index is 1.56. The first-order valence-electron chi connectivity index (χ1n) is 9.30. The molecule has 9 heteroatoms. The molecule has 3 aromatic heterocycles. The van der Waals surface area contributed by atoms with Gasteiger partial charge in [-0.15, -0.1) is 0 Å². The van der Waals surface area contributed by atoms with Gasteiger partial charge in [-0.1, -0.05) is 17.3 Å². The Kier molecular flexibility index (Phi) is 5.09. The maximum Gasteiger partial charge on any atom is 0.258 e. The Bertz CT molecular complexity index is 1200. The van der Waals surface area contributed by atoms with Crippen LogP contribution in [0.3, 0.4) is 0 Å². The highest BCUT2D eigenvalue weighted by Gasteiger charge is 2.19. The molecule has 3 heterocycles. The summed E-state index contributed by atoms with van der Waals surface area (Å²) in [6.45, 7) is 5.36. The molecule has 0 fully saturated rings. The van der Waals surface area contributed by atoms with Crippen molar-refractivity contribution in [1.29, 1.82) is 0 Å². The number of benzene rings is 1. The number of carbonyl (C=O) groups excluding carboxylic acids is 1. The molecule has 1 amide bonds. The second-order valence-corrected chi connectivity index (χ2v) is 6.85. The first-order valence-corrected chi connectivity index (χ1v) is 9.30. The molecule has 30 heavy (non-hydrogen) atoms. The summed E-state index contributed by atoms with van der Waals surface area (Å²) in [7, 11) is 0. The number of carbonyl (C=O) groups is 1. The number of rotatable bonds is 5. The van der Waals surface area contributed by atoms with Gasteiger partial charge in [0, 0.05) is 11.8 Å². The number of aromatic nitrogens is 5. The van der Waals surface area contributed by atoms with Gasteiger partial charge in [0.1, 0.15) is 5.82 Å². The quantitative estimate of drug-likeness (QED) is 0.544. The molecular weight excluding hydrogens is 387 g/mol. The normalized spacial score (nSPS) is 12.0. The van der Waals surface area contributed by atoms with Crippen molar-refractivity contribution in [2.75, 3.05) is 0 Å². The molecule has 0 saturated carbocycles. The van der Waals surface area contributed by atoms with Gasteiger partial charge in [-0.05, 0) is 50.6 Å². The van der Waals surface area contributed by atoms with Crippen LogP contribution in [-0.2, 0) is 0 Å². The summed E-state index contributed by atoms with van der Waals surface area (Å²) in [5.41, 5.74) is 2.56. The Morgan fingerprint density at radius 3 is 2.67 bits per heavy atom. The summed E-state index contributed by atoms with van der Waals surface area (Å²) in [5, 5.41) is 11.0. The largest absolute Gasteiger partial charge is 0.345 e. The van der Waals surface area contributed by atoms with Gasteiger partial charge in [0.05, 0.1) is 23.5 Å². The van der Waals surface area contributed by atoms with Crippen molar-refractivity contribution in [2.45, 2.75) is 26.8 Å². The monoisotopic (exact) mass is 406 g/mol. The standard InChI is InChI=1S/C21H19FN6O2/c1-12(15-4-6-17(22)7-5-15)25-20(29)18-11-24-28(13(18)2)19-10-16(8-9-23-19)21-26-14(3)27-30-21/h4-12H,1-3H3,(H,25,29). The highest BCUT2D eigenvalue weighted by atomic mass is 19.1. The number of halogens is 1. The lowest BCUT2D eigenvalue weighted by Gasteiger charge is -2.14.